The van der Waals surface area contributed by atoms with Crippen molar-refractivity contribution < 1.29 is 23.9 Å². The SMILES string of the molecule is CCOC(=O)C(Cc1csc2ccc(Cl)cc12)(NC(C)=O)C(=O)OCC. The molecule has 1 aromatic heterocycles. The van der Waals surface area contributed by atoms with Crippen molar-refractivity contribution in [3.8, 4) is 0 Å². The molecule has 0 saturated heterocycles. The van der Waals surface area contributed by atoms with Crippen LogP contribution in [0.4, 0.5) is 0 Å². The molecular formula is C18H20ClNO5S. The summed E-state index contributed by atoms with van der Waals surface area (Å²) in [5, 5.41) is 5.64. The molecule has 26 heavy (non-hydrogen) atoms. The van der Waals surface area contributed by atoms with Crippen molar-refractivity contribution >= 4 is 50.9 Å². The molecule has 1 N–H and O–H groups in total. The van der Waals surface area contributed by atoms with Gasteiger partial charge in [-0.3, -0.25) is 4.79 Å². The second kappa shape index (κ2) is 8.51. The van der Waals surface area contributed by atoms with E-state index < -0.39 is 23.4 Å². The molecule has 6 nitrogen and oxygen atoms in total. The lowest BCUT2D eigenvalue weighted by Gasteiger charge is -2.29. The maximum atomic E-state index is 12.7. The molecule has 0 unspecified atom stereocenters. The van der Waals surface area contributed by atoms with E-state index in [2.05, 4.69) is 5.32 Å². The summed E-state index contributed by atoms with van der Waals surface area (Å²) >= 11 is 7.54. The maximum absolute atomic E-state index is 12.7. The molecule has 0 fully saturated rings. The Hall–Kier alpha value is -2.12. The van der Waals surface area contributed by atoms with Crippen molar-refractivity contribution in [2.24, 2.45) is 0 Å². The van der Waals surface area contributed by atoms with E-state index in [1.54, 1.807) is 26.0 Å². The zero-order valence-corrected chi connectivity index (χ0v) is 16.3. The van der Waals surface area contributed by atoms with Gasteiger partial charge in [-0.05, 0) is 48.4 Å². The number of halogens is 1. The molecule has 8 heteroatoms. The number of benzene rings is 1. The van der Waals surface area contributed by atoms with Gasteiger partial charge in [0.05, 0.1) is 13.2 Å². The molecular weight excluding hydrogens is 378 g/mol. The first kappa shape index (κ1) is 20.2. The molecule has 2 aromatic rings. The fraction of sp³-hybridized carbons (Fsp3) is 0.389. The smallest absolute Gasteiger partial charge is 0.344 e. The number of fused-ring (bicyclic) bond motifs is 1. The predicted molar refractivity (Wildman–Crippen MR) is 100 cm³/mol. The molecule has 0 atom stereocenters. The van der Waals surface area contributed by atoms with Gasteiger partial charge in [0.15, 0.2) is 0 Å². The van der Waals surface area contributed by atoms with E-state index in [0.717, 1.165) is 10.1 Å². The minimum atomic E-state index is -1.95. The lowest BCUT2D eigenvalue weighted by molar-refractivity contribution is -0.167. The second-order valence-corrected chi connectivity index (χ2v) is 6.95. The molecule has 1 heterocycles. The van der Waals surface area contributed by atoms with E-state index in [9.17, 15) is 14.4 Å². The zero-order valence-electron chi connectivity index (χ0n) is 14.8. The van der Waals surface area contributed by atoms with E-state index in [-0.39, 0.29) is 19.6 Å². The first-order chi connectivity index (χ1) is 12.3. The number of nitrogens with one attached hydrogen (secondary N) is 1. The maximum Gasteiger partial charge on any atom is 0.344 e. The number of esters is 2. The van der Waals surface area contributed by atoms with Gasteiger partial charge >= 0.3 is 11.9 Å². The summed E-state index contributed by atoms with van der Waals surface area (Å²) in [5.74, 6) is -2.24. The van der Waals surface area contributed by atoms with Gasteiger partial charge in [0.25, 0.3) is 0 Å². The first-order valence-corrected chi connectivity index (χ1v) is 9.38. The Bertz CT molecular complexity index is 814. The molecule has 1 amide bonds. The van der Waals surface area contributed by atoms with Gasteiger partial charge < -0.3 is 14.8 Å². The van der Waals surface area contributed by atoms with Crippen molar-refractivity contribution in [1.82, 2.24) is 5.32 Å². The molecule has 0 aliphatic carbocycles. The van der Waals surface area contributed by atoms with Crippen LogP contribution < -0.4 is 5.32 Å². The summed E-state index contributed by atoms with van der Waals surface area (Å²) in [6, 6.07) is 5.39. The van der Waals surface area contributed by atoms with Crippen LogP contribution in [0.5, 0.6) is 0 Å². The van der Waals surface area contributed by atoms with Crippen molar-refractivity contribution in [1.29, 1.82) is 0 Å². The molecule has 2 rings (SSSR count). The van der Waals surface area contributed by atoms with Crippen molar-refractivity contribution in [2.45, 2.75) is 32.7 Å². The Morgan fingerprint density at radius 1 is 1.15 bits per heavy atom. The lowest BCUT2D eigenvalue weighted by atomic mass is 9.90. The van der Waals surface area contributed by atoms with E-state index in [1.807, 2.05) is 11.4 Å². The van der Waals surface area contributed by atoms with Gasteiger partial charge in [-0.2, -0.15) is 0 Å². The van der Waals surface area contributed by atoms with Crippen LogP contribution in [-0.4, -0.2) is 36.6 Å². The molecule has 0 aliphatic rings. The summed E-state index contributed by atoms with van der Waals surface area (Å²) in [5.41, 5.74) is -1.25. The highest BCUT2D eigenvalue weighted by molar-refractivity contribution is 7.17. The highest BCUT2D eigenvalue weighted by Crippen LogP contribution is 2.32. The Morgan fingerprint density at radius 3 is 2.31 bits per heavy atom. The summed E-state index contributed by atoms with van der Waals surface area (Å²) < 4.78 is 11.1. The number of rotatable bonds is 7. The number of thiophene rings is 1. The van der Waals surface area contributed by atoms with Crippen LogP contribution in [0.2, 0.25) is 5.02 Å². The van der Waals surface area contributed by atoms with Gasteiger partial charge in [0, 0.05) is 23.1 Å². The lowest BCUT2D eigenvalue weighted by Crippen LogP contribution is -2.62. The fourth-order valence-electron chi connectivity index (χ4n) is 2.66. The van der Waals surface area contributed by atoms with Crippen LogP contribution >= 0.6 is 22.9 Å². The monoisotopic (exact) mass is 397 g/mol. The molecule has 1 aromatic carbocycles. The highest BCUT2D eigenvalue weighted by atomic mass is 35.5. The van der Waals surface area contributed by atoms with E-state index in [4.69, 9.17) is 21.1 Å². The molecule has 0 bridgehead atoms. The van der Waals surface area contributed by atoms with Crippen molar-refractivity contribution in [2.75, 3.05) is 13.2 Å². The van der Waals surface area contributed by atoms with Crippen LogP contribution in [0.1, 0.15) is 26.3 Å². The third-order valence-electron chi connectivity index (χ3n) is 3.71. The van der Waals surface area contributed by atoms with Gasteiger partial charge in [-0.25, -0.2) is 9.59 Å². The van der Waals surface area contributed by atoms with E-state index >= 15 is 0 Å². The van der Waals surface area contributed by atoms with Gasteiger partial charge in [0.1, 0.15) is 0 Å². The van der Waals surface area contributed by atoms with Crippen LogP contribution in [0.15, 0.2) is 23.6 Å². The molecule has 0 spiro atoms. The Morgan fingerprint density at radius 2 is 1.77 bits per heavy atom. The van der Waals surface area contributed by atoms with Crippen LogP contribution in [0.3, 0.4) is 0 Å². The number of hydrogen-bond donors (Lipinski definition) is 1. The molecule has 0 aliphatic heterocycles. The quantitative estimate of drug-likeness (QED) is 0.573. The van der Waals surface area contributed by atoms with Gasteiger partial charge in [-0.15, -0.1) is 11.3 Å². The molecule has 140 valence electrons. The second-order valence-electron chi connectivity index (χ2n) is 5.61. The van der Waals surface area contributed by atoms with E-state index in [1.165, 1.54) is 18.3 Å². The standard InChI is InChI=1S/C18H20ClNO5S/c1-4-24-16(22)18(20-11(3)21,17(23)25-5-2)9-12-10-26-15-7-6-13(19)8-14(12)15/h6-8,10H,4-5,9H2,1-3H3,(H,20,21). The highest BCUT2D eigenvalue weighted by Gasteiger charge is 2.50. The summed E-state index contributed by atoms with van der Waals surface area (Å²) in [6.07, 6.45) is -0.0927. The van der Waals surface area contributed by atoms with Crippen molar-refractivity contribution in [3.63, 3.8) is 0 Å². The van der Waals surface area contributed by atoms with Crippen LogP contribution in [-0.2, 0) is 30.3 Å². The number of carbonyl (C=O) groups is 3. The number of carbonyl (C=O) groups excluding carboxylic acids is 3. The molecule has 0 radical (unpaired) electrons. The minimum absolute atomic E-state index is 0.0653. The third kappa shape index (κ3) is 4.16. The van der Waals surface area contributed by atoms with Gasteiger partial charge in [0.2, 0.25) is 11.4 Å². The van der Waals surface area contributed by atoms with E-state index in [0.29, 0.717) is 10.6 Å². The zero-order chi connectivity index (χ0) is 19.3. The first-order valence-electron chi connectivity index (χ1n) is 8.12. The van der Waals surface area contributed by atoms with Crippen LogP contribution in [0, 0.1) is 0 Å². The average Bonchev–Trinajstić information content (AvgIpc) is 2.96. The third-order valence-corrected chi connectivity index (χ3v) is 4.96. The number of hydrogen-bond acceptors (Lipinski definition) is 6. The van der Waals surface area contributed by atoms with Crippen LogP contribution in [0.25, 0.3) is 10.1 Å². The number of amides is 1. The Kier molecular flexibility index (Phi) is 6.61. The summed E-state index contributed by atoms with van der Waals surface area (Å²) in [6.45, 7) is 4.62. The van der Waals surface area contributed by atoms with Crippen molar-refractivity contribution in [3.05, 3.63) is 34.2 Å². The Balaban J connectivity index is 2.56. The largest absolute Gasteiger partial charge is 0.464 e. The summed E-state index contributed by atoms with van der Waals surface area (Å²) in [4.78, 5) is 37.1. The number of ether oxygens (including phenoxy) is 2. The van der Waals surface area contributed by atoms with Gasteiger partial charge in [-0.1, -0.05) is 11.6 Å². The average molecular weight is 398 g/mol. The Labute approximate surface area is 160 Å². The topological polar surface area (TPSA) is 81.7 Å². The normalized spacial score (nSPS) is 11.2. The summed E-state index contributed by atoms with van der Waals surface area (Å²) in [7, 11) is 0. The molecule has 0 saturated carbocycles. The minimum Gasteiger partial charge on any atom is -0.464 e. The fourth-order valence-corrected chi connectivity index (χ4v) is 3.77. The predicted octanol–water partition coefficient (Wildman–Crippen LogP) is 3.10.